The van der Waals surface area contributed by atoms with Crippen molar-refractivity contribution in [2.75, 3.05) is 13.1 Å². The molecule has 1 aliphatic heterocycles. The van der Waals surface area contributed by atoms with E-state index in [-0.39, 0.29) is 29.5 Å². The molecule has 0 bridgehead atoms. The van der Waals surface area contributed by atoms with Crippen molar-refractivity contribution in [3.8, 4) is 0 Å². The summed E-state index contributed by atoms with van der Waals surface area (Å²) in [5, 5.41) is 10.6. The number of hydrogen-bond donors (Lipinski definition) is 1. The molecule has 2 N–H and O–H groups in total. The van der Waals surface area contributed by atoms with Crippen LogP contribution < -0.4 is 5.73 Å². The van der Waals surface area contributed by atoms with Gasteiger partial charge < -0.3 is 10.6 Å². The van der Waals surface area contributed by atoms with Gasteiger partial charge in [0.1, 0.15) is 0 Å². The van der Waals surface area contributed by atoms with Gasteiger partial charge in [0.25, 0.3) is 5.69 Å². The van der Waals surface area contributed by atoms with E-state index in [0.29, 0.717) is 13.1 Å². The molecule has 0 radical (unpaired) electrons. The van der Waals surface area contributed by atoms with Crippen molar-refractivity contribution in [3.05, 3.63) is 39.9 Å². The van der Waals surface area contributed by atoms with E-state index in [4.69, 9.17) is 5.73 Å². The zero-order chi connectivity index (χ0) is 15.6. The number of nitrogens with two attached hydrogens (primary N) is 1. The summed E-state index contributed by atoms with van der Waals surface area (Å²) in [6.45, 7) is 5.47. The smallest absolute Gasteiger partial charge is 0.269 e. The predicted octanol–water partition coefficient (Wildman–Crippen LogP) is 1.72. The molecule has 21 heavy (non-hydrogen) atoms. The number of amides is 1. The Hall–Kier alpha value is -1.95. The summed E-state index contributed by atoms with van der Waals surface area (Å²) >= 11 is 0. The maximum absolute atomic E-state index is 12.3. The van der Waals surface area contributed by atoms with Crippen LogP contribution in [0.2, 0.25) is 0 Å². The van der Waals surface area contributed by atoms with Gasteiger partial charge in [-0.2, -0.15) is 0 Å². The van der Waals surface area contributed by atoms with Crippen LogP contribution in [0.5, 0.6) is 0 Å². The van der Waals surface area contributed by atoms with Crippen molar-refractivity contribution >= 4 is 11.6 Å². The number of piperidine rings is 1. The summed E-state index contributed by atoms with van der Waals surface area (Å²) in [6, 6.07) is 6.24. The molecule has 6 nitrogen and oxygen atoms in total. The zero-order valence-electron chi connectivity index (χ0n) is 12.4. The number of carbonyl (C=O) groups is 1. The van der Waals surface area contributed by atoms with E-state index in [2.05, 4.69) is 13.8 Å². The molecule has 1 fully saturated rings. The quantitative estimate of drug-likeness (QED) is 0.678. The van der Waals surface area contributed by atoms with E-state index in [1.165, 1.54) is 12.1 Å². The lowest BCUT2D eigenvalue weighted by Gasteiger charge is -2.42. The second kappa shape index (κ2) is 5.81. The van der Waals surface area contributed by atoms with E-state index < -0.39 is 4.92 Å². The fraction of sp³-hybridized carbons (Fsp3) is 0.533. The van der Waals surface area contributed by atoms with Crippen molar-refractivity contribution < 1.29 is 9.72 Å². The molecular weight excluding hydrogens is 270 g/mol. The summed E-state index contributed by atoms with van der Waals surface area (Å²) in [5.41, 5.74) is 6.82. The molecule has 1 unspecified atom stereocenters. The van der Waals surface area contributed by atoms with Crippen LogP contribution >= 0.6 is 0 Å². The number of rotatable bonds is 3. The summed E-state index contributed by atoms with van der Waals surface area (Å²) in [6.07, 6.45) is 1.07. The third-order valence-electron chi connectivity index (χ3n) is 4.17. The lowest BCUT2D eigenvalue weighted by molar-refractivity contribution is -0.384. The van der Waals surface area contributed by atoms with E-state index in [1.807, 2.05) is 4.90 Å². The topological polar surface area (TPSA) is 89.5 Å². The first-order valence-electron chi connectivity index (χ1n) is 7.06. The van der Waals surface area contributed by atoms with Gasteiger partial charge in [-0.1, -0.05) is 26.0 Å². The molecule has 1 aromatic rings. The molecular formula is C15H21N3O3. The SMILES string of the molecule is CC1(C)CN(C(=O)Cc2ccc([N+](=O)[O-])cc2)CCC1N. The van der Waals surface area contributed by atoms with Crippen molar-refractivity contribution in [1.29, 1.82) is 0 Å². The van der Waals surface area contributed by atoms with Crippen LogP contribution in [-0.4, -0.2) is 34.9 Å². The number of likely N-dealkylation sites (tertiary alicyclic amines) is 1. The van der Waals surface area contributed by atoms with Gasteiger partial charge in [-0.15, -0.1) is 0 Å². The third kappa shape index (κ3) is 3.58. The number of carbonyl (C=O) groups excluding carboxylic acids is 1. The van der Waals surface area contributed by atoms with E-state index >= 15 is 0 Å². The Bertz CT molecular complexity index is 540. The monoisotopic (exact) mass is 291 g/mol. The number of hydrogen-bond acceptors (Lipinski definition) is 4. The minimum Gasteiger partial charge on any atom is -0.342 e. The van der Waals surface area contributed by atoms with Gasteiger partial charge >= 0.3 is 0 Å². The van der Waals surface area contributed by atoms with Crippen LogP contribution in [0.15, 0.2) is 24.3 Å². The molecule has 1 amide bonds. The van der Waals surface area contributed by atoms with Gasteiger partial charge in [0.05, 0.1) is 11.3 Å². The first-order chi connectivity index (χ1) is 9.79. The zero-order valence-corrected chi connectivity index (χ0v) is 12.4. The van der Waals surface area contributed by atoms with Crippen LogP contribution in [0, 0.1) is 15.5 Å². The van der Waals surface area contributed by atoms with Gasteiger partial charge in [0, 0.05) is 31.3 Å². The number of nitrogens with zero attached hydrogens (tertiary/aromatic N) is 2. The highest BCUT2D eigenvalue weighted by Gasteiger charge is 2.35. The third-order valence-corrected chi connectivity index (χ3v) is 4.17. The van der Waals surface area contributed by atoms with Crippen molar-refractivity contribution in [2.45, 2.75) is 32.7 Å². The Morgan fingerprint density at radius 2 is 2.05 bits per heavy atom. The Labute approximate surface area is 124 Å². The second-order valence-electron chi connectivity index (χ2n) is 6.30. The molecule has 0 saturated carbocycles. The van der Waals surface area contributed by atoms with Gasteiger partial charge in [-0.3, -0.25) is 14.9 Å². The molecule has 1 heterocycles. The Kier molecular flexibility index (Phi) is 4.27. The van der Waals surface area contributed by atoms with Crippen LogP contribution in [0.4, 0.5) is 5.69 Å². The summed E-state index contributed by atoms with van der Waals surface area (Å²) < 4.78 is 0. The molecule has 1 saturated heterocycles. The Morgan fingerprint density at radius 3 is 2.57 bits per heavy atom. The van der Waals surface area contributed by atoms with Crippen LogP contribution in [0.25, 0.3) is 0 Å². The molecule has 1 aromatic carbocycles. The normalized spacial score (nSPS) is 21.1. The molecule has 1 atom stereocenters. The summed E-state index contributed by atoms with van der Waals surface area (Å²) in [4.78, 5) is 24.3. The minimum atomic E-state index is -0.444. The highest BCUT2D eigenvalue weighted by molar-refractivity contribution is 5.79. The molecule has 114 valence electrons. The first kappa shape index (κ1) is 15.4. The molecule has 0 aliphatic carbocycles. The fourth-order valence-corrected chi connectivity index (χ4v) is 2.61. The Morgan fingerprint density at radius 1 is 1.43 bits per heavy atom. The fourth-order valence-electron chi connectivity index (χ4n) is 2.61. The van der Waals surface area contributed by atoms with Crippen molar-refractivity contribution in [2.24, 2.45) is 11.1 Å². The maximum Gasteiger partial charge on any atom is 0.269 e. The summed E-state index contributed by atoms with van der Waals surface area (Å²) in [5.74, 6) is 0.0452. The number of non-ortho nitro benzene ring substituents is 1. The van der Waals surface area contributed by atoms with E-state index in [0.717, 1.165) is 12.0 Å². The molecule has 0 spiro atoms. The second-order valence-corrected chi connectivity index (χ2v) is 6.30. The molecule has 1 aliphatic rings. The van der Waals surface area contributed by atoms with E-state index in [9.17, 15) is 14.9 Å². The van der Waals surface area contributed by atoms with Gasteiger partial charge in [0.2, 0.25) is 5.91 Å². The Balaban J connectivity index is 2.00. The van der Waals surface area contributed by atoms with E-state index in [1.54, 1.807) is 12.1 Å². The van der Waals surface area contributed by atoms with Crippen molar-refractivity contribution in [1.82, 2.24) is 4.90 Å². The predicted molar refractivity (Wildman–Crippen MR) is 79.8 cm³/mol. The highest BCUT2D eigenvalue weighted by atomic mass is 16.6. The van der Waals surface area contributed by atoms with Crippen LogP contribution in [-0.2, 0) is 11.2 Å². The average Bonchev–Trinajstić information content (AvgIpc) is 2.42. The van der Waals surface area contributed by atoms with Crippen LogP contribution in [0.3, 0.4) is 0 Å². The largest absolute Gasteiger partial charge is 0.342 e. The number of benzene rings is 1. The lowest BCUT2D eigenvalue weighted by atomic mass is 9.79. The average molecular weight is 291 g/mol. The van der Waals surface area contributed by atoms with Crippen LogP contribution in [0.1, 0.15) is 25.8 Å². The minimum absolute atomic E-state index is 0.0382. The highest BCUT2D eigenvalue weighted by Crippen LogP contribution is 2.28. The molecule has 6 heteroatoms. The van der Waals surface area contributed by atoms with Gasteiger partial charge in [-0.05, 0) is 17.4 Å². The molecule has 0 aromatic heterocycles. The standard InChI is InChI=1S/C15H21N3O3/c1-15(2)10-17(8-7-13(15)16)14(19)9-11-3-5-12(6-4-11)18(20)21/h3-6,13H,7-10,16H2,1-2H3. The maximum atomic E-state index is 12.3. The van der Waals surface area contributed by atoms with Gasteiger partial charge in [0.15, 0.2) is 0 Å². The lowest BCUT2D eigenvalue weighted by Crippen LogP contribution is -2.54. The first-order valence-corrected chi connectivity index (χ1v) is 7.06. The van der Waals surface area contributed by atoms with Crippen molar-refractivity contribution in [3.63, 3.8) is 0 Å². The molecule has 2 rings (SSSR count). The number of nitro groups is 1. The number of nitro benzene ring substituents is 1. The van der Waals surface area contributed by atoms with Gasteiger partial charge in [-0.25, -0.2) is 0 Å². The summed E-state index contributed by atoms with van der Waals surface area (Å²) in [7, 11) is 0.